The summed E-state index contributed by atoms with van der Waals surface area (Å²) in [6.45, 7) is 7.59. The zero-order chi connectivity index (χ0) is 12.3. The smallest absolute Gasteiger partial charge is 0.203 e. The van der Waals surface area contributed by atoms with Crippen molar-refractivity contribution in [2.45, 2.75) is 33.4 Å². The van der Waals surface area contributed by atoms with Gasteiger partial charge in [-0.3, -0.25) is 0 Å². The number of rotatable bonds is 5. The summed E-state index contributed by atoms with van der Waals surface area (Å²) in [5.41, 5.74) is 1.31. The molecule has 0 fully saturated rings. The van der Waals surface area contributed by atoms with Gasteiger partial charge in [0, 0.05) is 18.9 Å². The van der Waals surface area contributed by atoms with Gasteiger partial charge in [-0.25, -0.2) is 4.98 Å². The lowest BCUT2D eigenvalue weighted by atomic mass is 10.2. The first kappa shape index (κ1) is 12.2. The molecule has 92 valence electrons. The van der Waals surface area contributed by atoms with E-state index in [0.717, 1.165) is 12.5 Å². The van der Waals surface area contributed by atoms with Crippen molar-refractivity contribution in [2.75, 3.05) is 5.32 Å². The van der Waals surface area contributed by atoms with Gasteiger partial charge in [-0.1, -0.05) is 13.8 Å². The van der Waals surface area contributed by atoms with Crippen molar-refractivity contribution >= 4 is 17.3 Å². The van der Waals surface area contributed by atoms with Crippen molar-refractivity contribution in [3.05, 3.63) is 34.8 Å². The summed E-state index contributed by atoms with van der Waals surface area (Å²) in [5.74, 6) is 1.58. The first-order valence-corrected chi connectivity index (χ1v) is 6.91. The molecule has 1 unspecified atom stereocenters. The fourth-order valence-electron chi connectivity index (χ4n) is 1.79. The lowest BCUT2D eigenvalue weighted by Gasteiger charge is -2.16. The van der Waals surface area contributed by atoms with Crippen molar-refractivity contribution in [1.82, 2.24) is 9.55 Å². The number of nitrogens with one attached hydrogen (secondary N) is 1. The van der Waals surface area contributed by atoms with Crippen LogP contribution in [0.5, 0.6) is 0 Å². The number of hydrogen-bond acceptors (Lipinski definition) is 3. The molecule has 1 atom stereocenters. The Morgan fingerprint density at radius 1 is 1.41 bits per heavy atom. The summed E-state index contributed by atoms with van der Waals surface area (Å²) < 4.78 is 2.17. The minimum atomic E-state index is 0.301. The fourth-order valence-corrected chi connectivity index (χ4v) is 2.54. The topological polar surface area (TPSA) is 29.9 Å². The SMILES string of the molecule is CC(C)Cn1ccnc1NC(C)c1ccsc1. The van der Waals surface area contributed by atoms with Crippen LogP contribution >= 0.6 is 11.3 Å². The first-order valence-electron chi connectivity index (χ1n) is 5.96. The molecule has 0 spiro atoms. The summed E-state index contributed by atoms with van der Waals surface area (Å²) in [4.78, 5) is 4.37. The molecule has 2 rings (SSSR count). The van der Waals surface area contributed by atoms with Gasteiger partial charge in [0.2, 0.25) is 5.95 Å². The lowest BCUT2D eigenvalue weighted by molar-refractivity contribution is 0.525. The molecular formula is C13H19N3S. The second-order valence-electron chi connectivity index (χ2n) is 4.72. The summed E-state index contributed by atoms with van der Waals surface area (Å²) >= 11 is 1.73. The number of nitrogens with zero attached hydrogens (tertiary/aromatic N) is 2. The van der Waals surface area contributed by atoms with E-state index in [1.807, 2.05) is 12.4 Å². The van der Waals surface area contributed by atoms with Crippen LogP contribution in [0, 0.1) is 5.92 Å². The number of imidazole rings is 1. The maximum absolute atomic E-state index is 4.37. The van der Waals surface area contributed by atoms with Crippen LogP contribution in [0.25, 0.3) is 0 Å². The monoisotopic (exact) mass is 249 g/mol. The Balaban J connectivity index is 2.06. The third kappa shape index (κ3) is 3.09. The molecule has 0 aromatic carbocycles. The van der Waals surface area contributed by atoms with Gasteiger partial charge in [0.05, 0.1) is 6.04 Å². The van der Waals surface area contributed by atoms with Crippen LogP contribution in [0.1, 0.15) is 32.4 Å². The quantitative estimate of drug-likeness (QED) is 0.874. The van der Waals surface area contributed by atoms with Crippen molar-refractivity contribution in [2.24, 2.45) is 5.92 Å². The minimum Gasteiger partial charge on any atom is -0.349 e. The van der Waals surface area contributed by atoms with E-state index >= 15 is 0 Å². The molecule has 0 aliphatic heterocycles. The molecule has 0 amide bonds. The molecule has 0 radical (unpaired) electrons. The molecule has 0 saturated carbocycles. The van der Waals surface area contributed by atoms with E-state index in [1.54, 1.807) is 11.3 Å². The zero-order valence-electron chi connectivity index (χ0n) is 10.6. The van der Waals surface area contributed by atoms with Gasteiger partial charge in [-0.2, -0.15) is 11.3 Å². The standard InChI is InChI=1S/C13H19N3S/c1-10(2)8-16-6-5-14-13(16)15-11(3)12-4-7-17-9-12/h4-7,9-11H,8H2,1-3H3,(H,14,15). The van der Waals surface area contributed by atoms with Gasteiger partial charge in [0.25, 0.3) is 0 Å². The Labute approximate surface area is 107 Å². The summed E-state index contributed by atoms with van der Waals surface area (Å²) in [6.07, 6.45) is 3.88. The predicted octanol–water partition coefficient (Wildman–Crippen LogP) is 3.77. The third-order valence-electron chi connectivity index (χ3n) is 2.67. The average molecular weight is 249 g/mol. The molecule has 0 aliphatic rings. The van der Waals surface area contributed by atoms with Crippen LogP contribution in [-0.2, 0) is 6.54 Å². The molecule has 2 heterocycles. The van der Waals surface area contributed by atoms with Crippen molar-refractivity contribution in [1.29, 1.82) is 0 Å². The molecule has 2 aromatic rings. The highest BCUT2D eigenvalue weighted by Gasteiger charge is 2.09. The van der Waals surface area contributed by atoms with Crippen LogP contribution in [0.4, 0.5) is 5.95 Å². The second-order valence-corrected chi connectivity index (χ2v) is 5.50. The molecule has 0 aliphatic carbocycles. The number of aromatic nitrogens is 2. The highest BCUT2D eigenvalue weighted by atomic mass is 32.1. The number of thiophene rings is 1. The summed E-state index contributed by atoms with van der Waals surface area (Å²) in [7, 11) is 0. The van der Waals surface area contributed by atoms with Crippen LogP contribution < -0.4 is 5.32 Å². The first-order chi connectivity index (χ1) is 8.16. The van der Waals surface area contributed by atoms with E-state index in [-0.39, 0.29) is 0 Å². The highest BCUT2D eigenvalue weighted by molar-refractivity contribution is 7.07. The van der Waals surface area contributed by atoms with Gasteiger partial charge in [-0.15, -0.1) is 0 Å². The van der Waals surface area contributed by atoms with E-state index in [0.29, 0.717) is 12.0 Å². The van der Waals surface area contributed by atoms with Crippen molar-refractivity contribution in [3.63, 3.8) is 0 Å². The van der Waals surface area contributed by atoms with Crippen molar-refractivity contribution in [3.8, 4) is 0 Å². The Kier molecular flexibility index (Phi) is 3.84. The van der Waals surface area contributed by atoms with Gasteiger partial charge in [-0.05, 0) is 35.2 Å². The second kappa shape index (κ2) is 5.36. The van der Waals surface area contributed by atoms with Crippen LogP contribution in [0.15, 0.2) is 29.2 Å². The molecule has 0 bridgehead atoms. The molecule has 3 nitrogen and oxygen atoms in total. The van der Waals surface area contributed by atoms with Gasteiger partial charge >= 0.3 is 0 Å². The summed E-state index contributed by atoms with van der Waals surface area (Å²) in [5, 5.41) is 7.74. The van der Waals surface area contributed by atoms with Gasteiger partial charge in [0.15, 0.2) is 0 Å². The number of anilines is 1. The highest BCUT2D eigenvalue weighted by Crippen LogP contribution is 2.20. The third-order valence-corrected chi connectivity index (χ3v) is 3.37. The summed E-state index contributed by atoms with van der Waals surface area (Å²) in [6, 6.07) is 2.45. The molecule has 17 heavy (non-hydrogen) atoms. The van der Waals surface area contributed by atoms with E-state index in [2.05, 4.69) is 52.5 Å². The average Bonchev–Trinajstić information content (AvgIpc) is 2.89. The fraction of sp³-hybridized carbons (Fsp3) is 0.462. The van der Waals surface area contributed by atoms with E-state index in [9.17, 15) is 0 Å². The molecule has 1 N–H and O–H groups in total. The Hall–Kier alpha value is -1.29. The van der Waals surface area contributed by atoms with Crippen LogP contribution in [-0.4, -0.2) is 9.55 Å². The van der Waals surface area contributed by atoms with Crippen LogP contribution in [0.2, 0.25) is 0 Å². The minimum absolute atomic E-state index is 0.301. The van der Waals surface area contributed by atoms with E-state index in [4.69, 9.17) is 0 Å². The van der Waals surface area contributed by atoms with Gasteiger partial charge < -0.3 is 9.88 Å². The predicted molar refractivity (Wildman–Crippen MR) is 73.4 cm³/mol. The van der Waals surface area contributed by atoms with Crippen LogP contribution in [0.3, 0.4) is 0 Å². The van der Waals surface area contributed by atoms with E-state index in [1.165, 1.54) is 5.56 Å². The number of hydrogen-bond donors (Lipinski definition) is 1. The lowest BCUT2D eigenvalue weighted by Crippen LogP contribution is -2.13. The Morgan fingerprint density at radius 3 is 2.88 bits per heavy atom. The normalized spacial score (nSPS) is 12.9. The Bertz CT molecular complexity index is 445. The maximum atomic E-state index is 4.37. The molecule has 2 aromatic heterocycles. The Morgan fingerprint density at radius 2 is 2.24 bits per heavy atom. The molecule has 0 saturated heterocycles. The van der Waals surface area contributed by atoms with E-state index < -0.39 is 0 Å². The van der Waals surface area contributed by atoms with Gasteiger partial charge in [0.1, 0.15) is 0 Å². The zero-order valence-corrected chi connectivity index (χ0v) is 11.4. The molecule has 4 heteroatoms. The maximum Gasteiger partial charge on any atom is 0.203 e. The molecular weight excluding hydrogens is 230 g/mol. The van der Waals surface area contributed by atoms with Crippen molar-refractivity contribution < 1.29 is 0 Å². The largest absolute Gasteiger partial charge is 0.349 e.